The number of likely N-dealkylation sites (N-methyl/N-ethyl adjacent to an activating group) is 1. The average Bonchev–Trinajstić information content (AvgIpc) is 2.82. The number of hydrogen-bond acceptors (Lipinski definition) is 4. The van der Waals surface area contributed by atoms with E-state index in [2.05, 4.69) is 5.32 Å². The van der Waals surface area contributed by atoms with Crippen molar-refractivity contribution in [1.82, 2.24) is 4.90 Å². The molecule has 0 saturated carbocycles. The van der Waals surface area contributed by atoms with Crippen LogP contribution in [0.5, 0.6) is 0 Å². The molecule has 0 radical (unpaired) electrons. The Labute approximate surface area is 130 Å². The molecule has 22 heavy (non-hydrogen) atoms. The SMILES string of the molecule is CCN(C(=O)[C@H](C)Nc1ccc(F)cc1)[C@H]1CCS(=O)(=O)C1. The molecule has 0 aliphatic carbocycles. The van der Waals surface area contributed by atoms with E-state index < -0.39 is 15.9 Å². The Hall–Kier alpha value is -1.63. The summed E-state index contributed by atoms with van der Waals surface area (Å²) in [6.45, 7) is 4.03. The number of sulfone groups is 1. The number of benzene rings is 1. The number of rotatable bonds is 5. The van der Waals surface area contributed by atoms with Crippen LogP contribution in [0, 0.1) is 5.82 Å². The predicted molar refractivity (Wildman–Crippen MR) is 83.9 cm³/mol. The van der Waals surface area contributed by atoms with Crippen LogP contribution >= 0.6 is 0 Å². The van der Waals surface area contributed by atoms with Gasteiger partial charge in [0.05, 0.1) is 11.5 Å². The molecular formula is C15H21FN2O3S. The van der Waals surface area contributed by atoms with Gasteiger partial charge in [-0.3, -0.25) is 4.79 Å². The number of halogens is 1. The van der Waals surface area contributed by atoms with E-state index in [4.69, 9.17) is 0 Å². The molecule has 1 aliphatic heterocycles. The Morgan fingerprint density at radius 3 is 2.55 bits per heavy atom. The fourth-order valence-electron chi connectivity index (χ4n) is 2.72. The van der Waals surface area contributed by atoms with Crippen molar-refractivity contribution in [3.63, 3.8) is 0 Å². The summed E-state index contributed by atoms with van der Waals surface area (Å²) in [6, 6.07) is 5.01. The molecular weight excluding hydrogens is 307 g/mol. The second-order valence-corrected chi connectivity index (χ2v) is 7.78. The van der Waals surface area contributed by atoms with E-state index in [1.54, 1.807) is 24.0 Å². The van der Waals surface area contributed by atoms with Crippen molar-refractivity contribution in [2.45, 2.75) is 32.4 Å². The van der Waals surface area contributed by atoms with Crippen molar-refractivity contribution < 1.29 is 17.6 Å². The van der Waals surface area contributed by atoms with Crippen molar-refractivity contribution in [2.75, 3.05) is 23.4 Å². The van der Waals surface area contributed by atoms with E-state index in [1.165, 1.54) is 12.1 Å². The van der Waals surface area contributed by atoms with Crippen LogP contribution in [0.25, 0.3) is 0 Å². The zero-order valence-electron chi connectivity index (χ0n) is 12.8. The van der Waals surface area contributed by atoms with Gasteiger partial charge >= 0.3 is 0 Å². The minimum absolute atomic E-state index is 0.0375. The van der Waals surface area contributed by atoms with Gasteiger partial charge in [0.25, 0.3) is 0 Å². The third-order valence-corrected chi connectivity index (χ3v) is 5.62. The van der Waals surface area contributed by atoms with Gasteiger partial charge in [0.1, 0.15) is 11.9 Å². The molecule has 2 rings (SSSR count). The lowest BCUT2D eigenvalue weighted by Gasteiger charge is -2.30. The van der Waals surface area contributed by atoms with Crippen molar-refractivity contribution in [1.29, 1.82) is 0 Å². The molecule has 1 heterocycles. The smallest absolute Gasteiger partial charge is 0.245 e. The maximum absolute atomic E-state index is 12.9. The molecule has 1 aromatic rings. The molecule has 1 aromatic carbocycles. The Bertz CT molecular complexity index is 631. The molecule has 0 aromatic heterocycles. The second-order valence-electron chi connectivity index (χ2n) is 5.55. The fraction of sp³-hybridized carbons (Fsp3) is 0.533. The van der Waals surface area contributed by atoms with E-state index in [1.807, 2.05) is 6.92 Å². The first-order chi connectivity index (χ1) is 10.3. The largest absolute Gasteiger partial charge is 0.374 e. The third kappa shape index (κ3) is 3.97. The summed E-state index contributed by atoms with van der Waals surface area (Å²) >= 11 is 0. The molecule has 7 heteroatoms. The highest BCUT2D eigenvalue weighted by Gasteiger charge is 2.35. The first kappa shape index (κ1) is 16.7. The number of carbonyl (C=O) groups excluding carboxylic acids is 1. The molecule has 0 bridgehead atoms. The number of anilines is 1. The molecule has 1 N–H and O–H groups in total. The lowest BCUT2D eigenvalue weighted by molar-refractivity contribution is -0.133. The zero-order valence-corrected chi connectivity index (χ0v) is 13.6. The number of hydrogen-bond donors (Lipinski definition) is 1. The molecule has 122 valence electrons. The van der Waals surface area contributed by atoms with Crippen LogP contribution in [0.1, 0.15) is 20.3 Å². The summed E-state index contributed by atoms with van der Waals surface area (Å²) in [6.07, 6.45) is 0.491. The van der Waals surface area contributed by atoms with Gasteiger partial charge in [-0.2, -0.15) is 0 Å². The van der Waals surface area contributed by atoms with Gasteiger partial charge in [-0.1, -0.05) is 0 Å². The third-order valence-electron chi connectivity index (χ3n) is 3.87. The van der Waals surface area contributed by atoms with E-state index in [0.29, 0.717) is 18.7 Å². The minimum atomic E-state index is -3.03. The number of nitrogens with one attached hydrogen (secondary N) is 1. The van der Waals surface area contributed by atoms with E-state index in [0.717, 1.165) is 0 Å². The molecule has 0 unspecified atom stereocenters. The molecule has 1 saturated heterocycles. The van der Waals surface area contributed by atoms with Gasteiger partial charge in [0, 0.05) is 18.3 Å². The first-order valence-corrected chi connectivity index (χ1v) is 9.17. The van der Waals surface area contributed by atoms with Crippen LogP contribution in [0.2, 0.25) is 0 Å². The van der Waals surface area contributed by atoms with Gasteiger partial charge in [-0.25, -0.2) is 12.8 Å². The Morgan fingerprint density at radius 1 is 1.41 bits per heavy atom. The second kappa shape index (κ2) is 6.64. The molecule has 2 atom stereocenters. The molecule has 5 nitrogen and oxygen atoms in total. The van der Waals surface area contributed by atoms with Crippen molar-refractivity contribution in [2.24, 2.45) is 0 Å². The van der Waals surface area contributed by atoms with Crippen LogP contribution in [0.15, 0.2) is 24.3 Å². The number of amides is 1. The van der Waals surface area contributed by atoms with Crippen LogP contribution in [0.3, 0.4) is 0 Å². The van der Waals surface area contributed by atoms with Gasteiger partial charge < -0.3 is 10.2 Å². The highest BCUT2D eigenvalue weighted by atomic mass is 32.2. The molecule has 1 amide bonds. The minimum Gasteiger partial charge on any atom is -0.374 e. The summed E-state index contributed by atoms with van der Waals surface area (Å²) in [5.74, 6) is -0.304. The summed E-state index contributed by atoms with van der Waals surface area (Å²) < 4.78 is 36.1. The van der Waals surface area contributed by atoms with Gasteiger partial charge in [0.15, 0.2) is 9.84 Å². The van der Waals surface area contributed by atoms with E-state index in [-0.39, 0.29) is 29.3 Å². The molecule has 1 fully saturated rings. The maximum atomic E-state index is 12.9. The Kier molecular flexibility index (Phi) is 5.05. The van der Waals surface area contributed by atoms with Crippen LogP contribution in [0.4, 0.5) is 10.1 Å². The summed E-state index contributed by atoms with van der Waals surface area (Å²) in [5.41, 5.74) is 0.650. The average molecular weight is 328 g/mol. The van der Waals surface area contributed by atoms with Gasteiger partial charge in [-0.05, 0) is 44.5 Å². The highest BCUT2D eigenvalue weighted by Crippen LogP contribution is 2.19. The quantitative estimate of drug-likeness (QED) is 0.893. The number of carbonyl (C=O) groups is 1. The maximum Gasteiger partial charge on any atom is 0.245 e. The predicted octanol–water partition coefficient (Wildman–Crippen LogP) is 1.66. The van der Waals surface area contributed by atoms with E-state index >= 15 is 0 Å². The summed E-state index contributed by atoms with van der Waals surface area (Å²) in [4.78, 5) is 14.2. The highest BCUT2D eigenvalue weighted by molar-refractivity contribution is 7.91. The van der Waals surface area contributed by atoms with Crippen LogP contribution in [-0.2, 0) is 14.6 Å². The lowest BCUT2D eigenvalue weighted by Crippen LogP contribution is -2.47. The number of nitrogens with zero attached hydrogens (tertiary/aromatic N) is 1. The van der Waals surface area contributed by atoms with E-state index in [9.17, 15) is 17.6 Å². The standard InChI is InChI=1S/C15H21FN2O3S/c1-3-18(14-8-9-22(20,21)10-14)15(19)11(2)17-13-6-4-12(16)5-7-13/h4-7,11,14,17H,3,8-10H2,1-2H3/t11-,14-/m0/s1. The lowest BCUT2D eigenvalue weighted by atomic mass is 10.1. The molecule has 0 spiro atoms. The molecule has 1 aliphatic rings. The van der Waals surface area contributed by atoms with Gasteiger partial charge in [-0.15, -0.1) is 0 Å². The monoisotopic (exact) mass is 328 g/mol. The van der Waals surface area contributed by atoms with Gasteiger partial charge in [0.2, 0.25) is 5.91 Å². The first-order valence-electron chi connectivity index (χ1n) is 7.35. The normalized spacial score (nSPS) is 21.3. The topological polar surface area (TPSA) is 66.5 Å². The van der Waals surface area contributed by atoms with Crippen LogP contribution < -0.4 is 5.32 Å². The van der Waals surface area contributed by atoms with Crippen molar-refractivity contribution in [3.8, 4) is 0 Å². The van der Waals surface area contributed by atoms with Crippen molar-refractivity contribution >= 4 is 21.4 Å². The zero-order chi connectivity index (χ0) is 16.3. The Balaban J connectivity index is 2.03. The Morgan fingerprint density at radius 2 is 2.05 bits per heavy atom. The summed E-state index contributed by atoms with van der Waals surface area (Å²) in [5, 5.41) is 3.02. The van der Waals surface area contributed by atoms with Crippen molar-refractivity contribution in [3.05, 3.63) is 30.1 Å². The van der Waals surface area contributed by atoms with Crippen LogP contribution in [-0.4, -0.2) is 49.4 Å². The summed E-state index contributed by atoms with van der Waals surface area (Å²) in [7, 11) is -3.03. The fourth-order valence-corrected chi connectivity index (χ4v) is 4.45.